The summed E-state index contributed by atoms with van der Waals surface area (Å²) in [6.07, 6.45) is 0.287. The summed E-state index contributed by atoms with van der Waals surface area (Å²) in [5.41, 5.74) is 0.128. The molecule has 1 aromatic carbocycles. The summed E-state index contributed by atoms with van der Waals surface area (Å²) in [6.45, 7) is -0.0244. The molecule has 1 aromatic rings. The molecule has 0 heterocycles. The summed E-state index contributed by atoms with van der Waals surface area (Å²) < 4.78 is 12.9. The third-order valence-corrected chi connectivity index (χ3v) is 2.39. The first-order valence-corrected chi connectivity index (χ1v) is 6.01. The van der Waals surface area contributed by atoms with E-state index in [-0.39, 0.29) is 25.1 Å². The van der Waals surface area contributed by atoms with Crippen molar-refractivity contribution < 1.29 is 23.9 Å². The highest BCUT2D eigenvalue weighted by Gasteiger charge is 2.08. The van der Waals surface area contributed by atoms with Crippen LogP contribution < -0.4 is 10.6 Å². The van der Waals surface area contributed by atoms with Gasteiger partial charge in [-0.2, -0.15) is 0 Å². The largest absolute Gasteiger partial charge is 0.481 e. The van der Waals surface area contributed by atoms with E-state index in [1.54, 1.807) is 0 Å². The highest BCUT2D eigenvalue weighted by atomic mass is 19.1. The summed E-state index contributed by atoms with van der Waals surface area (Å²) in [4.78, 5) is 33.2. The lowest BCUT2D eigenvalue weighted by Crippen LogP contribution is -2.37. The molecule has 0 radical (unpaired) electrons. The highest BCUT2D eigenvalue weighted by Crippen LogP contribution is 2.02. The molecule has 0 aliphatic carbocycles. The average molecular weight is 282 g/mol. The lowest BCUT2D eigenvalue weighted by atomic mass is 10.2. The number of carboxylic acids is 1. The number of hydrogen-bond acceptors (Lipinski definition) is 3. The normalized spacial score (nSPS) is 9.85. The Kier molecular flexibility index (Phi) is 6.15. The summed E-state index contributed by atoms with van der Waals surface area (Å²) >= 11 is 0. The van der Waals surface area contributed by atoms with Crippen LogP contribution in [-0.2, 0) is 9.59 Å². The Hall–Kier alpha value is -2.44. The van der Waals surface area contributed by atoms with Crippen LogP contribution in [0.1, 0.15) is 23.2 Å². The van der Waals surface area contributed by atoms with Crippen LogP contribution in [-0.4, -0.2) is 36.0 Å². The maximum absolute atomic E-state index is 12.9. The molecule has 20 heavy (non-hydrogen) atoms. The van der Waals surface area contributed by atoms with Gasteiger partial charge in [-0.3, -0.25) is 14.4 Å². The Bertz CT molecular complexity index is 505. The molecule has 0 saturated heterocycles. The first kappa shape index (κ1) is 15.6. The molecule has 6 nitrogen and oxygen atoms in total. The second-order valence-corrected chi connectivity index (χ2v) is 4.04. The zero-order valence-electron chi connectivity index (χ0n) is 10.7. The van der Waals surface area contributed by atoms with Gasteiger partial charge in [0, 0.05) is 18.5 Å². The van der Waals surface area contributed by atoms with E-state index in [1.807, 2.05) is 0 Å². The van der Waals surface area contributed by atoms with Crippen molar-refractivity contribution in [3.05, 3.63) is 35.6 Å². The summed E-state index contributed by atoms with van der Waals surface area (Å²) in [7, 11) is 0. The topological polar surface area (TPSA) is 95.5 Å². The first-order valence-electron chi connectivity index (χ1n) is 6.01. The summed E-state index contributed by atoms with van der Waals surface area (Å²) in [5.74, 6) is -2.44. The fraction of sp³-hybridized carbons (Fsp3) is 0.308. The maximum atomic E-state index is 12.9. The molecule has 1 rings (SSSR count). The van der Waals surface area contributed by atoms with Gasteiger partial charge in [-0.05, 0) is 24.6 Å². The second kappa shape index (κ2) is 7.88. The van der Waals surface area contributed by atoms with Crippen LogP contribution in [0.4, 0.5) is 4.39 Å². The molecule has 0 aliphatic heterocycles. The van der Waals surface area contributed by atoms with Crippen molar-refractivity contribution in [3.63, 3.8) is 0 Å². The molecular weight excluding hydrogens is 267 g/mol. The number of rotatable bonds is 7. The van der Waals surface area contributed by atoms with Crippen LogP contribution in [0.2, 0.25) is 0 Å². The van der Waals surface area contributed by atoms with Gasteiger partial charge in [-0.15, -0.1) is 0 Å². The Labute approximate surface area is 115 Å². The fourth-order valence-electron chi connectivity index (χ4n) is 1.42. The van der Waals surface area contributed by atoms with Crippen molar-refractivity contribution in [1.82, 2.24) is 10.6 Å². The third kappa shape index (κ3) is 5.94. The van der Waals surface area contributed by atoms with Crippen molar-refractivity contribution in [2.45, 2.75) is 12.8 Å². The zero-order chi connectivity index (χ0) is 15.0. The Morgan fingerprint density at radius 3 is 2.60 bits per heavy atom. The van der Waals surface area contributed by atoms with Crippen LogP contribution in [0, 0.1) is 5.82 Å². The van der Waals surface area contributed by atoms with Gasteiger partial charge in [-0.1, -0.05) is 6.07 Å². The fourth-order valence-corrected chi connectivity index (χ4v) is 1.42. The molecule has 0 saturated carbocycles. The number of aliphatic carboxylic acids is 1. The van der Waals surface area contributed by atoms with Crippen LogP contribution in [0.5, 0.6) is 0 Å². The van der Waals surface area contributed by atoms with Crippen LogP contribution in [0.3, 0.4) is 0 Å². The Morgan fingerprint density at radius 2 is 1.95 bits per heavy atom. The summed E-state index contributed by atoms with van der Waals surface area (Å²) in [6, 6.07) is 5.12. The van der Waals surface area contributed by atoms with E-state index in [9.17, 15) is 18.8 Å². The van der Waals surface area contributed by atoms with E-state index in [0.717, 1.165) is 6.07 Å². The van der Waals surface area contributed by atoms with E-state index in [1.165, 1.54) is 18.2 Å². The van der Waals surface area contributed by atoms with Gasteiger partial charge >= 0.3 is 5.97 Å². The quantitative estimate of drug-likeness (QED) is 0.636. The van der Waals surface area contributed by atoms with E-state index in [0.29, 0.717) is 6.42 Å². The Morgan fingerprint density at radius 1 is 1.20 bits per heavy atom. The van der Waals surface area contributed by atoms with E-state index in [2.05, 4.69) is 10.6 Å². The van der Waals surface area contributed by atoms with E-state index >= 15 is 0 Å². The molecule has 3 N–H and O–H groups in total. The van der Waals surface area contributed by atoms with E-state index < -0.39 is 23.6 Å². The van der Waals surface area contributed by atoms with Gasteiger partial charge in [0.05, 0.1) is 6.54 Å². The highest BCUT2D eigenvalue weighted by molar-refractivity contribution is 5.96. The predicted molar refractivity (Wildman–Crippen MR) is 68.6 cm³/mol. The number of benzene rings is 1. The number of carbonyl (C=O) groups is 3. The minimum Gasteiger partial charge on any atom is -0.481 e. The molecular formula is C13H15FN2O4. The molecule has 0 unspecified atom stereocenters. The van der Waals surface area contributed by atoms with Gasteiger partial charge in [0.25, 0.3) is 5.91 Å². The molecule has 7 heteroatoms. The zero-order valence-corrected chi connectivity index (χ0v) is 10.7. The number of nitrogens with one attached hydrogen (secondary N) is 2. The molecule has 2 amide bonds. The van der Waals surface area contributed by atoms with Crippen molar-refractivity contribution in [1.29, 1.82) is 0 Å². The molecule has 0 aromatic heterocycles. The second-order valence-electron chi connectivity index (χ2n) is 4.04. The minimum atomic E-state index is -0.932. The number of halogens is 1. The molecule has 0 aliphatic rings. The predicted octanol–water partition coefficient (Wildman–Crippen LogP) is 0.537. The first-order chi connectivity index (χ1) is 9.49. The lowest BCUT2D eigenvalue weighted by Gasteiger charge is -2.06. The van der Waals surface area contributed by atoms with Gasteiger partial charge in [0.2, 0.25) is 5.91 Å². The lowest BCUT2D eigenvalue weighted by molar-refractivity contribution is -0.137. The van der Waals surface area contributed by atoms with Gasteiger partial charge in [0.1, 0.15) is 5.82 Å². The Balaban J connectivity index is 2.27. The molecule has 108 valence electrons. The average Bonchev–Trinajstić information content (AvgIpc) is 2.40. The number of carbonyl (C=O) groups excluding carboxylic acids is 2. The van der Waals surface area contributed by atoms with Crippen LogP contribution in [0.25, 0.3) is 0 Å². The van der Waals surface area contributed by atoms with Gasteiger partial charge in [-0.25, -0.2) is 4.39 Å². The van der Waals surface area contributed by atoms with Gasteiger partial charge in [0.15, 0.2) is 0 Å². The third-order valence-electron chi connectivity index (χ3n) is 2.39. The van der Waals surface area contributed by atoms with E-state index in [4.69, 9.17) is 5.11 Å². The number of amides is 2. The molecule has 0 atom stereocenters. The molecule has 0 bridgehead atoms. The van der Waals surface area contributed by atoms with Crippen molar-refractivity contribution >= 4 is 17.8 Å². The maximum Gasteiger partial charge on any atom is 0.303 e. The smallest absolute Gasteiger partial charge is 0.303 e. The van der Waals surface area contributed by atoms with Crippen molar-refractivity contribution in [2.75, 3.05) is 13.1 Å². The van der Waals surface area contributed by atoms with Crippen LogP contribution in [0.15, 0.2) is 24.3 Å². The standard InChI is InChI=1S/C13H15FN2O4/c14-10-4-1-3-9(7-10)13(20)16-8-11(17)15-6-2-5-12(18)19/h1,3-4,7H,2,5-6,8H2,(H,15,17)(H,16,20)(H,18,19). The van der Waals surface area contributed by atoms with Crippen LogP contribution >= 0.6 is 0 Å². The van der Waals surface area contributed by atoms with Crippen molar-refractivity contribution in [2.24, 2.45) is 0 Å². The number of hydrogen-bond donors (Lipinski definition) is 3. The van der Waals surface area contributed by atoms with Crippen molar-refractivity contribution in [3.8, 4) is 0 Å². The summed E-state index contributed by atoms with van der Waals surface area (Å²) in [5, 5.41) is 13.2. The monoisotopic (exact) mass is 282 g/mol. The minimum absolute atomic E-state index is 0.0318. The number of carboxylic acid groups (broad SMARTS) is 1. The van der Waals surface area contributed by atoms with Gasteiger partial charge < -0.3 is 15.7 Å². The molecule has 0 spiro atoms. The SMILES string of the molecule is O=C(O)CCCNC(=O)CNC(=O)c1cccc(F)c1. The molecule has 0 fully saturated rings.